The Morgan fingerprint density at radius 2 is 2.11 bits per heavy atom. The maximum atomic E-state index is 11.9. The number of amides is 2. The number of thiazole rings is 1. The molecule has 106 valence electrons. The number of sulfonamides is 1. The molecule has 1 aliphatic rings. The van der Waals surface area contributed by atoms with Crippen LogP contribution < -0.4 is 5.32 Å². The predicted molar refractivity (Wildman–Crippen MR) is 72.3 cm³/mol. The largest absolute Gasteiger partial charge is 0.332 e. The highest BCUT2D eigenvalue weighted by Crippen LogP contribution is 2.06. The first-order valence-electron chi connectivity index (χ1n) is 5.82. The smallest absolute Gasteiger partial charge is 0.317 e. The van der Waals surface area contributed by atoms with E-state index in [0.717, 1.165) is 5.69 Å². The summed E-state index contributed by atoms with van der Waals surface area (Å²) in [6.45, 7) is 1.92. The molecule has 0 aliphatic carbocycles. The van der Waals surface area contributed by atoms with Crippen LogP contribution in [0.3, 0.4) is 0 Å². The molecule has 1 N–H and O–H groups in total. The van der Waals surface area contributed by atoms with Gasteiger partial charge in [0, 0.05) is 31.6 Å². The summed E-state index contributed by atoms with van der Waals surface area (Å²) >= 11 is 1.48. The van der Waals surface area contributed by atoms with Crippen molar-refractivity contribution in [2.75, 3.05) is 32.4 Å². The summed E-state index contributed by atoms with van der Waals surface area (Å²) < 4.78 is 24.1. The van der Waals surface area contributed by atoms with Gasteiger partial charge in [0.15, 0.2) is 0 Å². The molecular formula is C10H16N4O3S2. The molecule has 1 aliphatic heterocycles. The van der Waals surface area contributed by atoms with E-state index in [0.29, 0.717) is 32.7 Å². The molecule has 2 heterocycles. The van der Waals surface area contributed by atoms with Crippen LogP contribution in [-0.2, 0) is 16.6 Å². The first-order chi connectivity index (χ1) is 8.97. The number of nitrogens with zero attached hydrogens (tertiary/aromatic N) is 3. The average molecular weight is 304 g/mol. The van der Waals surface area contributed by atoms with Crippen LogP contribution in [0.25, 0.3) is 0 Å². The van der Waals surface area contributed by atoms with Crippen molar-refractivity contribution in [2.45, 2.75) is 6.54 Å². The lowest BCUT2D eigenvalue weighted by Gasteiger charge is -2.33. The van der Waals surface area contributed by atoms with Gasteiger partial charge in [-0.15, -0.1) is 11.3 Å². The Kier molecular flexibility index (Phi) is 4.38. The van der Waals surface area contributed by atoms with Crippen LogP contribution in [0, 0.1) is 0 Å². The normalized spacial score (nSPS) is 17.4. The molecule has 1 saturated heterocycles. The van der Waals surface area contributed by atoms with E-state index >= 15 is 0 Å². The molecule has 7 nitrogen and oxygen atoms in total. The van der Waals surface area contributed by atoms with Gasteiger partial charge in [-0.2, -0.15) is 4.31 Å². The number of rotatable bonds is 3. The number of aromatic nitrogens is 1. The molecule has 9 heteroatoms. The van der Waals surface area contributed by atoms with Gasteiger partial charge >= 0.3 is 6.03 Å². The minimum atomic E-state index is -3.16. The molecule has 0 unspecified atom stereocenters. The van der Waals surface area contributed by atoms with E-state index in [4.69, 9.17) is 0 Å². The molecule has 2 amide bonds. The highest BCUT2D eigenvalue weighted by molar-refractivity contribution is 7.88. The topological polar surface area (TPSA) is 82.6 Å². The lowest BCUT2D eigenvalue weighted by atomic mass is 10.4. The van der Waals surface area contributed by atoms with Crippen molar-refractivity contribution in [2.24, 2.45) is 0 Å². The summed E-state index contributed by atoms with van der Waals surface area (Å²) in [4.78, 5) is 17.6. The van der Waals surface area contributed by atoms with Gasteiger partial charge in [-0.1, -0.05) is 0 Å². The number of nitrogens with one attached hydrogen (secondary N) is 1. The summed E-state index contributed by atoms with van der Waals surface area (Å²) in [6.07, 6.45) is 1.19. The van der Waals surface area contributed by atoms with Crippen molar-refractivity contribution in [1.82, 2.24) is 19.5 Å². The second-order valence-electron chi connectivity index (χ2n) is 4.29. The van der Waals surface area contributed by atoms with Crippen molar-refractivity contribution in [3.63, 3.8) is 0 Å². The van der Waals surface area contributed by atoms with Crippen LogP contribution >= 0.6 is 11.3 Å². The van der Waals surface area contributed by atoms with Crippen LogP contribution in [0.1, 0.15) is 5.69 Å². The van der Waals surface area contributed by atoms with Gasteiger partial charge in [-0.25, -0.2) is 18.2 Å². The Morgan fingerprint density at radius 1 is 1.42 bits per heavy atom. The molecule has 0 bridgehead atoms. The van der Waals surface area contributed by atoms with Crippen molar-refractivity contribution in [3.05, 3.63) is 16.6 Å². The summed E-state index contributed by atoms with van der Waals surface area (Å²) in [6, 6.07) is -0.179. The van der Waals surface area contributed by atoms with Gasteiger partial charge in [-0.3, -0.25) is 0 Å². The van der Waals surface area contributed by atoms with E-state index in [1.165, 1.54) is 21.9 Å². The molecule has 19 heavy (non-hydrogen) atoms. The Labute approximate surface area is 116 Å². The molecule has 0 spiro atoms. The molecule has 1 fully saturated rings. The Balaban J connectivity index is 1.79. The highest BCUT2D eigenvalue weighted by Gasteiger charge is 2.25. The number of carbonyl (C=O) groups is 1. The SMILES string of the molecule is CS(=O)(=O)N1CCN(C(=O)NCc2cscn2)CC1. The zero-order chi connectivity index (χ0) is 13.9. The molecule has 2 rings (SSSR count). The van der Waals surface area contributed by atoms with E-state index in [1.54, 1.807) is 10.4 Å². The van der Waals surface area contributed by atoms with Gasteiger partial charge < -0.3 is 10.2 Å². The number of hydrogen-bond donors (Lipinski definition) is 1. The Bertz CT molecular complexity index is 521. The van der Waals surface area contributed by atoms with Gasteiger partial charge in [0.1, 0.15) is 0 Å². The molecule has 0 aromatic carbocycles. The van der Waals surface area contributed by atoms with Crippen LogP contribution in [0.2, 0.25) is 0 Å². The monoisotopic (exact) mass is 304 g/mol. The van der Waals surface area contributed by atoms with Crippen molar-refractivity contribution >= 4 is 27.4 Å². The number of hydrogen-bond acceptors (Lipinski definition) is 5. The maximum Gasteiger partial charge on any atom is 0.317 e. The fraction of sp³-hybridized carbons (Fsp3) is 0.600. The zero-order valence-electron chi connectivity index (χ0n) is 10.6. The van der Waals surface area contributed by atoms with Gasteiger partial charge in [0.25, 0.3) is 0 Å². The minimum absolute atomic E-state index is 0.179. The lowest BCUT2D eigenvalue weighted by molar-refractivity contribution is 0.172. The quantitative estimate of drug-likeness (QED) is 0.847. The number of carbonyl (C=O) groups excluding carboxylic acids is 1. The number of piperazine rings is 1. The average Bonchev–Trinajstić information content (AvgIpc) is 2.88. The third-order valence-electron chi connectivity index (χ3n) is 2.90. The van der Waals surface area contributed by atoms with Gasteiger partial charge in [0.2, 0.25) is 10.0 Å². The van der Waals surface area contributed by atoms with Gasteiger partial charge in [0.05, 0.1) is 24.0 Å². The second kappa shape index (κ2) is 5.85. The fourth-order valence-corrected chi connectivity index (χ4v) is 3.21. The third-order valence-corrected chi connectivity index (χ3v) is 4.84. The van der Waals surface area contributed by atoms with E-state index in [1.807, 2.05) is 5.38 Å². The first-order valence-corrected chi connectivity index (χ1v) is 8.61. The summed E-state index contributed by atoms with van der Waals surface area (Å²) in [5.41, 5.74) is 2.54. The van der Waals surface area contributed by atoms with Crippen LogP contribution in [0.15, 0.2) is 10.9 Å². The number of urea groups is 1. The summed E-state index contributed by atoms with van der Waals surface area (Å²) in [7, 11) is -3.16. The van der Waals surface area contributed by atoms with E-state index in [2.05, 4.69) is 10.3 Å². The molecule has 0 radical (unpaired) electrons. The van der Waals surface area contributed by atoms with Crippen molar-refractivity contribution < 1.29 is 13.2 Å². The molecule has 0 atom stereocenters. The molecule has 1 aromatic rings. The molecule has 0 saturated carbocycles. The van der Waals surface area contributed by atoms with Crippen LogP contribution in [0.5, 0.6) is 0 Å². The Morgan fingerprint density at radius 3 is 2.63 bits per heavy atom. The highest BCUT2D eigenvalue weighted by atomic mass is 32.2. The molecule has 1 aromatic heterocycles. The van der Waals surface area contributed by atoms with E-state index < -0.39 is 10.0 Å². The van der Waals surface area contributed by atoms with Crippen molar-refractivity contribution in [1.29, 1.82) is 0 Å². The molecular weight excluding hydrogens is 288 g/mol. The van der Waals surface area contributed by atoms with E-state index in [-0.39, 0.29) is 6.03 Å². The predicted octanol–water partition coefficient (Wildman–Crippen LogP) is -0.0701. The first kappa shape index (κ1) is 14.2. The fourth-order valence-electron chi connectivity index (χ4n) is 1.83. The van der Waals surface area contributed by atoms with E-state index in [9.17, 15) is 13.2 Å². The van der Waals surface area contributed by atoms with Crippen LogP contribution in [-0.4, -0.2) is 61.1 Å². The van der Waals surface area contributed by atoms with Gasteiger partial charge in [-0.05, 0) is 0 Å². The van der Waals surface area contributed by atoms with Crippen molar-refractivity contribution in [3.8, 4) is 0 Å². The third kappa shape index (κ3) is 3.88. The summed E-state index contributed by atoms with van der Waals surface area (Å²) in [5.74, 6) is 0. The Hall–Kier alpha value is -1.19. The lowest BCUT2D eigenvalue weighted by Crippen LogP contribution is -2.52. The van der Waals surface area contributed by atoms with Crippen LogP contribution in [0.4, 0.5) is 4.79 Å². The standard InChI is InChI=1S/C10H16N4O3S2/c1-19(16,17)14-4-2-13(3-5-14)10(15)11-6-9-7-18-8-12-9/h7-8H,2-6H2,1H3,(H,11,15). The zero-order valence-corrected chi connectivity index (χ0v) is 12.2. The minimum Gasteiger partial charge on any atom is -0.332 e. The maximum absolute atomic E-state index is 11.9. The summed E-state index contributed by atoms with van der Waals surface area (Å²) in [5, 5.41) is 4.65. The second-order valence-corrected chi connectivity index (χ2v) is 6.99.